The second kappa shape index (κ2) is 5.19. The van der Waals surface area contributed by atoms with Crippen molar-refractivity contribution in [2.45, 2.75) is 32.5 Å². The largest absolute Gasteiger partial charge is 0.443 e. The van der Waals surface area contributed by atoms with Crippen molar-refractivity contribution in [1.29, 1.82) is 0 Å². The van der Waals surface area contributed by atoms with Crippen molar-refractivity contribution in [3.05, 3.63) is 42.6 Å². The maximum Gasteiger partial charge on any atom is 0.419 e. The fraction of sp³-hybridized carbons (Fsp3) is 0.312. The quantitative estimate of drug-likeness (QED) is 0.742. The van der Waals surface area contributed by atoms with Crippen molar-refractivity contribution in [1.82, 2.24) is 4.57 Å². The number of ether oxygens (including phenoxy) is 1. The van der Waals surface area contributed by atoms with Crippen molar-refractivity contribution in [3.63, 3.8) is 0 Å². The highest BCUT2D eigenvalue weighted by Crippen LogP contribution is 2.35. The summed E-state index contributed by atoms with van der Waals surface area (Å²) in [6.45, 7) is 8.02. The molecule has 0 saturated carbocycles. The molecule has 0 unspecified atom stereocenters. The Labute approximate surface area is 126 Å². The SMILES string of the molecule is C=C(c1cc2ccccc2n1C(=O)OC(C)(C)C)C(F)(F)F. The van der Waals surface area contributed by atoms with Crippen molar-refractivity contribution >= 4 is 22.6 Å². The third-order valence-corrected chi connectivity index (χ3v) is 2.94. The molecule has 0 saturated heterocycles. The van der Waals surface area contributed by atoms with E-state index < -0.39 is 23.4 Å². The molecule has 0 N–H and O–H groups in total. The van der Waals surface area contributed by atoms with Gasteiger partial charge in [-0.3, -0.25) is 0 Å². The number of carbonyl (C=O) groups is 1. The Bertz CT molecular complexity index is 736. The fourth-order valence-corrected chi connectivity index (χ4v) is 2.03. The molecule has 2 aromatic rings. The van der Waals surface area contributed by atoms with Crippen LogP contribution in [0.5, 0.6) is 0 Å². The zero-order valence-corrected chi connectivity index (χ0v) is 12.5. The number of hydrogen-bond acceptors (Lipinski definition) is 2. The molecular weight excluding hydrogens is 295 g/mol. The van der Waals surface area contributed by atoms with E-state index in [0.717, 1.165) is 4.57 Å². The number of fused-ring (bicyclic) bond motifs is 1. The normalized spacial score (nSPS) is 12.5. The number of allylic oxidation sites excluding steroid dienone is 1. The zero-order valence-electron chi connectivity index (χ0n) is 12.5. The summed E-state index contributed by atoms with van der Waals surface area (Å²) in [5.41, 5.74) is -1.88. The van der Waals surface area contributed by atoms with Gasteiger partial charge in [0.1, 0.15) is 5.60 Å². The first-order valence-electron chi connectivity index (χ1n) is 6.61. The Morgan fingerprint density at radius 2 is 1.77 bits per heavy atom. The highest BCUT2D eigenvalue weighted by molar-refractivity contribution is 5.95. The van der Waals surface area contributed by atoms with E-state index in [1.165, 1.54) is 6.07 Å². The van der Waals surface area contributed by atoms with Gasteiger partial charge >= 0.3 is 12.3 Å². The first-order valence-corrected chi connectivity index (χ1v) is 6.61. The lowest BCUT2D eigenvalue weighted by Crippen LogP contribution is -2.28. The highest BCUT2D eigenvalue weighted by atomic mass is 19.4. The molecule has 6 heteroatoms. The van der Waals surface area contributed by atoms with Crippen LogP contribution in [0.15, 0.2) is 36.9 Å². The molecule has 0 aliphatic rings. The van der Waals surface area contributed by atoms with Gasteiger partial charge in [-0.2, -0.15) is 13.2 Å². The Morgan fingerprint density at radius 1 is 1.18 bits per heavy atom. The van der Waals surface area contributed by atoms with Gasteiger partial charge in [0, 0.05) is 5.39 Å². The summed E-state index contributed by atoms with van der Waals surface area (Å²) >= 11 is 0. The number of benzene rings is 1. The summed E-state index contributed by atoms with van der Waals surface area (Å²) in [6, 6.07) is 7.80. The molecule has 118 valence electrons. The van der Waals surface area contributed by atoms with Crippen LogP contribution in [0.1, 0.15) is 26.5 Å². The van der Waals surface area contributed by atoms with Crippen LogP contribution in [0.25, 0.3) is 16.5 Å². The van der Waals surface area contributed by atoms with Crippen molar-refractivity contribution in [3.8, 4) is 0 Å². The maximum atomic E-state index is 13.0. The summed E-state index contributed by atoms with van der Waals surface area (Å²) in [4.78, 5) is 12.3. The van der Waals surface area contributed by atoms with E-state index in [2.05, 4.69) is 6.58 Å². The number of aromatic nitrogens is 1. The van der Waals surface area contributed by atoms with Crippen molar-refractivity contribution < 1.29 is 22.7 Å². The average molecular weight is 311 g/mol. The molecule has 1 heterocycles. The molecule has 2 rings (SSSR count). The fourth-order valence-electron chi connectivity index (χ4n) is 2.03. The van der Waals surface area contributed by atoms with Crippen LogP contribution in [-0.2, 0) is 4.74 Å². The topological polar surface area (TPSA) is 31.2 Å². The van der Waals surface area contributed by atoms with Gasteiger partial charge < -0.3 is 4.74 Å². The monoisotopic (exact) mass is 311 g/mol. The maximum absolute atomic E-state index is 13.0. The number of nitrogens with zero attached hydrogens (tertiary/aromatic N) is 1. The highest BCUT2D eigenvalue weighted by Gasteiger charge is 2.36. The Kier molecular flexibility index (Phi) is 3.81. The Hall–Kier alpha value is -2.24. The van der Waals surface area contributed by atoms with E-state index in [-0.39, 0.29) is 5.69 Å². The van der Waals surface area contributed by atoms with Crippen molar-refractivity contribution in [2.75, 3.05) is 0 Å². The van der Waals surface area contributed by atoms with E-state index >= 15 is 0 Å². The van der Waals surface area contributed by atoms with Crippen LogP contribution in [0.4, 0.5) is 18.0 Å². The summed E-state index contributed by atoms with van der Waals surface area (Å²) in [7, 11) is 0. The van der Waals surface area contributed by atoms with Gasteiger partial charge in [-0.25, -0.2) is 9.36 Å². The zero-order chi connectivity index (χ0) is 16.7. The molecule has 0 spiro atoms. The lowest BCUT2D eigenvalue weighted by atomic mass is 10.2. The molecule has 1 aromatic heterocycles. The van der Waals surface area contributed by atoms with Gasteiger partial charge in [-0.05, 0) is 32.9 Å². The average Bonchev–Trinajstić information content (AvgIpc) is 2.73. The van der Waals surface area contributed by atoms with E-state index in [1.807, 2.05) is 0 Å². The predicted octanol–water partition coefficient (Wildman–Crippen LogP) is 5.00. The van der Waals surface area contributed by atoms with Gasteiger partial charge in [0.2, 0.25) is 0 Å². The minimum absolute atomic E-state index is 0.317. The third-order valence-electron chi connectivity index (χ3n) is 2.94. The number of hydrogen-bond donors (Lipinski definition) is 0. The van der Waals surface area contributed by atoms with E-state index in [4.69, 9.17) is 4.74 Å². The molecule has 0 fully saturated rings. The van der Waals surface area contributed by atoms with Crippen molar-refractivity contribution in [2.24, 2.45) is 0 Å². The molecule has 0 amide bonds. The van der Waals surface area contributed by atoms with Crippen LogP contribution in [0.2, 0.25) is 0 Å². The first kappa shape index (κ1) is 16.1. The second-order valence-corrected chi connectivity index (χ2v) is 5.88. The molecule has 22 heavy (non-hydrogen) atoms. The molecule has 0 atom stereocenters. The molecule has 3 nitrogen and oxygen atoms in total. The van der Waals surface area contributed by atoms with E-state index in [9.17, 15) is 18.0 Å². The molecule has 0 bridgehead atoms. The Morgan fingerprint density at radius 3 is 2.32 bits per heavy atom. The van der Waals surface area contributed by atoms with Gasteiger partial charge in [0.15, 0.2) is 0 Å². The smallest absolute Gasteiger partial charge is 0.419 e. The number of para-hydroxylation sites is 1. The number of halogens is 3. The van der Waals surface area contributed by atoms with Crippen LogP contribution >= 0.6 is 0 Å². The van der Waals surface area contributed by atoms with Crippen LogP contribution in [0, 0.1) is 0 Å². The van der Waals surface area contributed by atoms with Gasteiger partial charge in [-0.15, -0.1) is 0 Å². The van der Waals surface area contributed by atoms with Crippen LogP contribution in [0.3, 0.4) is 0 Å². The summed E-state index contributed by atoms with van der Waals surface area (Å²) < 4.78 is 45.1. The lowest BCUT2D eigenvalue weighted by Gasteiger charge is -2.21. The lowest BCUT2D eigenvalue weighted by molar-refractivity contribution is -0.0689. The molecule has 0 aliphatic carbocycles. The number of alkyl halides is 3. The van der Waals surface area contributed by atoms with E-state index in [0.29, 0.717) is 10.9 Å². The van der Waals surface area contributed by atoms with Gasteiger partial charge in [-0.1, -0.05) is 24.8 Å². The molecule has 0 radical (unpaired) electrons. The second-order valence-electron chi connectivity index (χ2n) is 5.88. The summed E-state index contributed by atoms with van der Waals surface area (Å²) in [6.07, 6.45) is -5.50. The molecule has 1 aromatic carbocycles. The predicted molar refractivity (Wildman–Crippen MR) is 78.7 cm³/mol. The minimum Gasteiger partial charge on any atom is -0.443 e. The summed E-state index contributed by atoms with van der Waals surface area (Å²) in [5, 5.41) is 0.508. The third kappa shape index (κ3) is 3.16. The summed E-state index contributed by atoms with van der Waals surface area (Å²) in [5.74, 6) is 0. The van der Waals surface area contributed by atoms with Gasteiger partial charge in [0.05, 0.1) is 16.8 Å². The van der Waals surface area contributed by atoms with Gasteiger partial charge in [0.25, 0.3) is 0 Å². The Balaban J connectivity index is 2.64. The molecule has 0 aliphatic heterocycles. The first-order chi connectivity index (χ1) is 10.0. The van der Waals surface area contributed by atoms with Crippen LogP contribution < -0.4 is 0 Å². The minimum atomic E-state index is -4.63. The van der Waals surface area contributed by atoms with Crippen LogP contribution in [-0.4, -0.2) is 22.4 Å². The van der Waals surface area contributed by atoms with E-state index in [1.54, 1.807) is 45.0 Å². The standard InChI is InChI=1S/C16H16F3NO2/c1-10(16(17,18)19)13-9-11-7-5-6-8-12(11)20(13)14(21)22-15(2,3)4/h5-9H,1H2,2-4H3. The molecular formula is C16H16F3NO2. The number of rotatable bonds is 1. The number of carbonyl (C=O) groups excluding carboxylic acids is 1.